The van der Waals surface area contributed by atoms with Gasteiger partial charge in [-0.1, -0.05) is 60.2 Å². The van der Waals surface area contributed by atoms with Gasteiger partial charge in [0.05, 0.1) is 17.2 Å². The third-order valence-electron chi connectivity index (χ3n) is 3.95. The van der Waals surface area contributed by atoms with Crippen LogP contribution in [0.15, 0.2) is 57.5 Å². The van der Waals surface area contributed by atoms with Gasteiger partial charge in [-0.2, -0.15) is 4.98 Å². The first kappa shape index (κ1) is 17.9. The van der Waals surface area contributed by atoms with E-state index >= 15 is 0 Å². The summed E-state index contributed by atoms with van der Waals surface area (Å²) in [5.74, 6) is 2.84. The molecule has 0 unspecified atom stereocenters. The van der Waals surface area contributed by atoms with Gasteiger partial charge in [-0.3, -0.25) is 4.57 Å². The average molecular weight is 398 g/mol. The van der Waals surface area contributed by atoms with E-state index in [0.29, 0.717) is 18.2 Å². The highest BCUT2D eigenvalue weighted by Gasteiger charge is 2.17. The van der Waals surface area contributed by atoms with Crippen LogP contribution in [0.1, 0.15) is 30.6 Å². The molecule has 4 rings (SSSR count). The molecule has 27 heavy (non-hydrogen) atoms. The number of thiophene rings is 1. The third-order valence-corrected chi connectivity index (χ3v) is 5.77. The number of hydrogen-bond donors (Lipinski definition) is 0. The second kappa shape index (κ2) is 8.49. The molecule has 0 aliphatic carbocycles. The molecule has 0 bridgehead atoms. The molecule has 3 heterocycles. The monoisotopic (exact) mass is 397 g/mol. The molecule has 3 aromatic heterocycles. The van der Waals surface area contributed by atoms with E-state index in [-0.39, 0.29) is 0 Å². The summed E-state index contributed by atoms with van der Waals surface area (Å²) in [6.07, 6.45) is 1.84. The standard InChI is InChI=1S/C19H19N5OS2/c1-2-7-16-20-17(25-23-16)13-27-19-22-21-18(15-10-6-11-26-15)24(19)12-14-8-4-3-5-9-14/h3-6,8-11H,2,7,12-13H2,1H3. The van der Waals surface area contributed by atoms with Gasteiger partial charge in [-0.25, -0.2) is 0 Å². The lowest BCUT2D eigenvalue weighted by atomic mass is 10.2. The van der Waals surface area contributed by atoms with Gasteiger partial charge in [0.1, 0.15) is 0 Å². The fourth-order valence-electron chi connectivity index (χ4n) is 2.69. The van der Waals surface area contributed by atoms with Crippen LogP contribution in [0.2, 0.25) is 0 Å². The SMILES string of the molecule is CCCc1noc(CSc2nnc(-c3cccs3)n2Cc2ccccc2)n1. The lowest BCUT2D eigenvalue weighted by Crippen LogP contribution is -2.03. The molecular formula is C19H19N5OS2. The Hall–Kier alpha value is -2.45. The zero-order valence-corrected chi connectivity index (χ0v) is 16.5. The number of benzene rings is 1. The van der Waals surface area contributed by atoms with Crippen LogP contribution in [0.3, 0.4) is 0 Å². The Labute approximate surface area is 165 Å². The molecule has 0 N–H and O–H groups in total. The number of hydrogen-bond acceptors (Lipinski definition) is 7. The highest BCUT2D eigenvalue weighted by atomic mass is 32.2. The van der Waals surface area contributed by atoms with Crippen molar-refractivity contribution >= 4 is 23.1 Å². The normalized spacial score (nSPS) is 11.1. The van der Waals surface area contributed by atoms with E-state index in [0.717, 1.165) is 34.5 Å². The van der Waals surface area contributed by atoms with Crippen LogP contribution in [-0.2, 0) is 18.7 Å². The highest BCUT2D eigenvalue weighted by molar-refractivity contribution is 7.98. The van der Waals surface area contributed by atoms with Crippen LogP contribution in [-0.4, -0.2) is 24.9 Å². The molecule has 0 aliphatic heterocycles. The van der Waals surface area contributed by atoms with Crippen molar-refractivity contribution in [2.75, 3.05) is 0 Å². The van der Waals surface area contributed by atoms with Gasteiger partial charge in [0, 0.05) is 6.42 Å². The summed E-state index contributed by atoms with van der Waals surface area (Å²) in [5, 5.41) is 15.8. The van der Waals surface area contributed by atoms with Gasteiger partial charge in [0.2, 0.25) is 5.89 Å². The minimum atomic E-state index is 0.577. The van der Waals surface area contributed by atoms with E-state index in [9.17, 15) is 0 Å². The maximum atomic E-state index is 5.34. The molecule has 1 aromatic carbocycles. The predicted molar refractivity (Wildman–Crippen MR) is 107 cm³/mol. The molecule has 0 spiro atoms. The van der Waals surface area contributed by atoms with Gasteiger partial charge >= 0.3 is 0 Å². The highest BCUT2D eigenvalue weighted by Crippen LogP contribution is 2.29. The van der Waals surface area contributed by atoms with Crippen molar-refractivity contribution in [1.82, 2.24) is 24.9 Å². The number of aromatic nitrogens is 5. The van der Waals surface area contributed by atoms with E-state index in [1.807, 2.05) is 24.3 Å². The van der Waals surface area contributed by atoms with E-state index < -0.39 is 0 Å². The maximum Gasteiger partial charge on any atom is 0.237 e. The van der Waals surface area contributed by atoms with Crippen molar-refractivity contribution in [3.63, 3.8) is 0 Å². The predicted octanol–water partition coefficient (Wildman–Crippen LogP) is 4.68. The van der Waals surface area contributed by atoms with Crippen LogP contribution >= 0.6 is 23.1 Å². The Balaban J connectivity index is 1.57. The zero-order chi connectivity index (χ0) is 18.5. The summed E-state index contributed by atoms with van der Waals surface area (Å²) in [6.45, 7) is 2.82. The molecule has 0 aliphatic rings. The first-order valence-electron chi connectivity index (χ1n) is 8.78. The summed E-state index contributed by atoms with van der Waals surface area (Å²) in [4.78, 5) is 5.54. The lowest BCUT2D eigenvalue weighted by molar-refractivity contribution is 0.384. The second-order valence-corrected chi connectivity index (χ2v) is 7.89. The molecule has 0 amide bonds. The summed E-state index contributed by atoms with van der Waals surface area (Å²) >= 11 is 3.23. The summed E-state index contributed by atoms with van der Waals surface area (Å²) < 4.78 is 7.49. The van der Waals surface area contributed by atoms with E-state index in [1.54, 1.807) is 23.1 Å². The molecule has 0 saturated carbocycles. The van der Waals surface area contributed by atoms with E-state index in [4.69, 9.17) is 4.52 Å². The van der Waals surface area contributed by atoms with Gasteiger partial charge in [-0.15, -0.1) is 21.5 Å². The topological polar surface area (TPSA) is 69.6 Å². The Morgan fingerprint density at radius 3 is 2.78 bits per heavy atom. The number of rotatable bonds is 8. The Kier molecular flexibility index (Phi) is 5.64. The fourth-order valence-corrected chi connectivity index (χ4v) is 4.18. The van der Waals surface area contributed by atoms with Gasteiger partial charge in [0.25, 0.3) is 0 Å². The van der Waals surface area contributed by atoms with Crippen LogP contribution < -0.4 is 0 Å². The largest absolute Gasteiger partial charge is 0.338 e. The third kappa shape index (κ3) is 4.28. The molecule has 6 nitrogen and oxygen atoms in total. The van der Waals surface area contributed by atoms with Crippen molar-refractivity contribution < 1.29 is 4.52 Å². The molecule has 0 atom stereocenters. The minimum absolute atomic E-state index is 0.577. The fraction of sp³-hybridized carbons (Fsp3) is 0.263. The second-order valence-electron chi connectivity index (χ2n) is 6.00. The molecule has 0 fully saturated rings. The first-order chi connectivity index (χ1) is 13.3. The van der Waals surface area contributed by atoms with Crippen LogP contribution in [0.5, 0.6) is 0 Å². The Morgan fingerprint density at radius 2 is 2.00 bits per heavy atom. The van der Waals surface area contributed by atoms with E-state index in [1.165, 1.54) is 5.56 Å². The smallest absolute Gasteiger partial charge is 0.237 e. The molecule has 0 saturated heterocycles. The number of nitrogens with zero attached hydrogens (tertiary/aromatic N) is 5. The quantitative estimate of drug-likeness (QED) is 0.402. The molecule has 138 valence electrons. The van der Waals surface area contributed by atoms with Gasteiger partial charge in [-0.05, 0) is 23.4 Å². The summed E-state index contributed by atoms with van der Waals surface area (Å²) in [6, 6.07) is 14.4. The molecular weight excluding hydrogens is 378 g/mol. The van der Waals surface area contributed by atoms with Crippen molar-refractivity contribution in [2.45, 2.75) is 37.2 Å². The van der Waals surface area contributed by atoms with Crippen LogP contribution in [0, 0.1) is 0 Å². The van der Waals surface area contributed by atoms with Crippen molar-refractivity contribution in [1.29, 1.82) is 0 Å². The number of aryl methyl sites for hydroxylation is 1. The zero-order valence-electron chi connectivity index (χ0n) is 14.9. The first-order valence-corrected chi connectivity index (χ1v) is 10.6. The van der Waals surface area contributed by atoms with Crippen molar-refractivity contribution in [3.8, 4) is 10.7 Å². The number of thioether (sulfide) groups is 1. The van der Waals surface area contributed by atoms with Gasteiger partial charge in [0.15, 0.2) is 16.8 Å². The summed E-state index contributed by atoms with van der Waals surface area (Å²) in [7, 11) is 0. The lowest BCUT2D eigenvalue weighted by Gasteiger charge is -2.09. The van der Waals surface area contributed by atoms with Crippen molar-refractivity contribution in [2.24, 2.45) is 0 Å². The average Bonchev–Trinajstić information content (AvgIpc) is 3.42. The summed E-state index contributed by atoms with van der Waals surface area (Å²) in [5.41, 5.74) is 1.21. The van der Waals surface area contributed by atoms with Crippen molar-refractivity contribution in [3.05, 3.63) is 65.1 Å². The minimum Gasteiger partial charge on any atom is -0.338 e. The molecule has 8 heteroatoms. The molecule has 4 aromatic rings. The maximum absolute atomic E-state index is 5.34. The molecule has 0 radical (unpaired) electrons. The van der Waals surface area contributed by atoms with Crippen LogP contribution in [0.25, 0.3) is 10.7 Å². The Morgan fingerprint density at radius 1 is 1.11 bits per heavy atom. The van der Waals surface area contributed by atoms with E-state index in [2.05, 4.69) is 55.4 Å². The Bertz CT molecular complexity index is 979. The van der Waals surface area contributed by atoms with Gasteiger partial charge < -0.3 is 4.52 Å². The van der Waals surface area contributed by atoms with Crippen LogP contribution in [0.4, 0.5) is 0 Å².